The summed E-state index contributed by atoms with van der Waals surface area (Å²) in [7, 11) is 3.04. The number of aromatic nitrogens is 1. The lowest BCUT2D eigenvalue weighted by molar-refractivity contribution is 0.103. The minimum absolute atomic E-state index is 0.0599. The van der Waals surface area contributed by atoms with E-state index in [2.05, 4.69) is 0 Å². The molecule has 0 aliphatic rings. The van der Waals surface area contributed by atoms with Gasteiger partial charge >= 0.3 is 0 Å². The molecule has 1 heterocycles. The molecule has 3 aromatic rings. The first-order valence-electron chi connectivity index (χ1n) is 9.23. The predicted molar refractivity (Wildman–Crippen MR) is 113 cm³/mol. The Balaban J connectivity index is 2.09. The van der Waals surface area contributed by atoms with Crippen molar-refractivity contribution in [2.24, 2.45) is 0 Å². The maximum Gasteiger partial charge on any atom is 0.205 e. The van der Waals surface area contributed by atoms with Crippen molar-refractivity contribution < 1.29 is 18.7 Å². The average molecular weight is 404 g/mol. The minimum Gasteiger partial charge on any atom is -0.497 e. The topological polar surface area (TPSA) is 64.2 Å². The Morgan fingerprint density at radius 1 is 1.10 bits per heavy atom. The molecular weight excluding hydrogens is 383 g/mol. The zero-order valence-electron chi connectivity index (χ0n) is 17.2. The van der Waals surface area contributed by atoms with Crippen LogP contribution in [0.2, 0.25) is 0 Å². The van der Waals surface area contributed by atoms with Crippen LogP contribution < -0.4 is 9.47 Å². The van der Waals surface area contributed by atoms with Gasteiger partial charge in [0.1, 0.15) is 29.0 Å². The molecule has 6 heteroatoms. The van der Waals surface area contributed by atoms with Gasteiger partial charge in [0.25, 0.3) is 0 Å². The van der Waals surface area contributed by atoms with Gasteiger partial charge in [-0.15, -0.1) is 0 Å². The summed E-state index contributed by atoms with van der Waals surface area (Å²) in [6, 6.07) is 15.1. The van der Waals surface area contributed by atoms with Crippen LogP contribution in [0.4, 0.5) is 4.39 Å². The van der Waals surface area contributed by atoms with Crippen LogP contribution in [0.3, 0.4) is 0 Å². The van der Waals surface area contributed by atoms with Crippen LogP contribution in [0, 0.1) is 31.0 Å². The number of allylic oxidation sites excluding steroid dienone is 1. The van der Waals surface area contributed by atoms with Gasteiger partial charge in [0.05, 0.1) is 19.9 Å². The second-order valence-electron chi connectivity index (χ2n) is 6.68. The van der Waals surface area contributed by atoms with Crippen molar-refractivity contribution in [1.82, 2.24) is 4.57 Å². The van der Waals surface area contributed by atoms with Crippen molar-refractivity contribution in [3.8, 4) is 23.3 Å². The lowest BCUT2D eigenvalue weighted by Gasteiger charge is -2.11. The van der Waals surface area contributed by atoms with Crippen molar-refractivity contribution in [3.63, 3.8) is 0 Å². The van der Waals surface area contributed by atoms with E-state index < -0.39 is 11.6 Å². The van der Waals surface area contributed by atoms with Gasteiger partial charge in [0.15, 0.2) is 0 Å². The highest BCUT2D eigenvalue weighted by Gasteiger charge is 2.21. The first kappa shape index (κ1) is 20.9. The number of para-hydroxylation sites is 1. The Kier molecular flexibility index (Phi) is 6.03. The molecule has 0 bridgehead atoms. The van der Waals surface area contributed by atoms with Crippen molar-refractivity contribution in [1.29, 1.82) is 5.26 Å². The number of carbonyl (C=O) groups is 1. The number of ketones is 1. The third-order valence-electron chi connectivity index (χ3n) is 4.87. The highest BCUT2D eigenvalue weighted by Crippen LogP contribution is 2.28. The number of carbonyl (C=O) groups excluding carboxylic acids is 1. The quantitative estimate of drug-likeness (QED) is 0.328. The van der Waals surface area contributed by atoms with Gasteiger partial charge in [-0.25, -0.2) is 4.39 Å². The number of hydrogen-bond donors (Lipinski definition) is 0. The summed E-state index contributed by atoms with van der Waals surface area (Å²) in [6.45, 7) is 3.52. The summed E-state index contributed by atoms with van der Waals surface area (Å²) in [6.07, 6.45) is 1.47. The van der Waals surface area contributed by atoms with Gasteiger partial charge in [-0.05, 0) is 56.3 Å². The fraction of sp³-hybridized carbons (Fsp3) is 0.167. The van der Waals surface area contributed by atoms with Crippen LogP contribution in [-0.4, -0.2) is 24.6 Å². The molecule has 1 aromatic heterocycles. The number of halogens is 1. The minimum atomic E-state index is -0.446. The van der Waals surface area contributed by atoms with E-state index in [-0.39, 0.29) is 5.57 Å². The van der Waals surface area contributed by atoms with Crippen LogP contribution in [0.15, 0.2) is 54.1 Å². The van der Waals surface area contributed by atoms with Crippen LogP contribution >= 0.6 is 0 Å². The van der Waals surface area contributed by atoms with Crippen LogP contribution in [-0.2, 0) is 0 Å². The monoisotopic (exact) mass is 404 g/mol. The number of ether oxygens (including phenoxy) is 2. The number of methoxy groups -OCH3 is 2. The number of nitriles is 1. The summed E-state index contributed by atoms with van der Waals surface area (Å²) in [5.74, 6) is 0.242. The van der Waals surface area contributed by atoms with Crippen molar-refractivity contribution in [2.45, 2.75) is 13.8 Å². The molecule has 0 aliphatic heterocycles. The lowest BCUT2D eigenvalue weighted by Crippen LogP contribution is -2.06. The number of Topliss-reactive ketones (excluding diaryl/α,β-unsaturated/α-hetero) is 1. The summed E-state index contributed by atoms with van der Waals surface area (Å²) in [4.78, 5) is 13.2. The zero-order chi connectivity index (χ0) is 21.8. The van der Waals surface area contributed by atoms with E-state index in [4.69, 9.17) is 9.47 Å². The lowest BCUT2D eigenvalue weighted by atomic mass is 10.0. The highest BCUT2D eigenvalue weighted by molar-refractivity contribution is 6.15. The molecule has 30 heavy (non-hydrogen) atoms. The molecular formula is C24H21FN2O3. The number of hydrogen-bond acceptors (Lipinski definition) is 4. The molecule has 0 amide bonds. The zero-order valence-corrected chi connectivity index (χ0v) is 17.2. The van der Waals surface area contributed by atoms with Gasteiger partial charge in [0.2, 0.25) is 5.78 Å². The smallest absolute Gasteiger partial charge is 0.205 e. The molecule has 0 atom stereocenters. The van der Waals surface area contributed by atoms with E-state index >= 15 is 0 Å². The van der Waals surface area contributed by atoms with Gasteiger partial charge in [-0.1, -0.05) is 12.1 Å². The first-order valence-corrected chi connectivity index (χ1v) is 9.23. The molecule has 0 unspecified atom stereocenters. The van der Waals surface area contributed by atoms with Crippen LogP contribution in [0.25, 0.3) is 11.8 Å². The third kappa shape index (κ3) is 3.83. The standard InChI is InChI=1S/C24H21FN2O3/c1-15-11-20(16(2)27(15)22-8-6-5-7-21(22)25)24(28)18(14-26)12-17-13-19(29-3)9-10-23(17)30-4/h5-13H,1-4H3/b18-12-. The summed E-state index contributed by atoms with van der Waals surface area (Å²) >= 11 is 0. The maximum atomic E-state index is 14.3. The largest absolute Gasteiger partial charge is 0.497 e. The number of rotatable bonds is 6. The van der Waals surface area contributed by atoms with Crippen LogP contribution in [0.1, 0.15) is 27.3 Å². The number of aryl methyl sites for hydroxylation is 1. The first-order chi connectivity index (χ1) is 14.4. The molecule has 0 saturated carbocycles. The molecule has 0 radical (unpaired) electrons. The maximum absolute atomic E-state index is 14.3. The Hall–Kier alpha value is -3.85. The highest BCUT2D eigenvalue weighted by atomic mass is 19.1. The Labute approximate surface area is 174 Å². The number of nitrogens with zero attached hydrogens (tertiary/aromatic N) is 2. The molecule has 0 saturated heterocycles. The van der Waals surface area contributed by atoms with Crippen LogP contribution in [0.5, 0.6) is 11.5 Å². The second kappa shape index (κ2) is 8.66. The average Bonchev–Trinajstić information content (AvgIpc) is 3.05. The van der Waals surface area contributed by atoms with E-state index in [9.17, 15) is 14.4 Å². The molecule has 0 fully saturated rings. The molecule has 3 rings (SSSR count). The molecule has 0 spiro atoms. The molecule has 5 nitrogen and oxygen atoms in total. The van der Waals surface area contributed by atoms with Crippen molar-refractivity contribution in [2.75, 3.05) is 14.2 Å². The van der Waals surface area contributed by atoms with Gasteiger partial charge in [0, 0.05) is 22.5 Å². The van der Waals surface area contributed by atoms with E-state index in [1.807, 2.05) is 6.07 Å². The van der Waals surface area contributed by atoms with E-state index in [0.29, 0.717) is 39.7 Å². The summed E-state index contributed by atoms with van der Waals surface area (Å²) in [5.41, 5.74) is 2.42. The SMILES string of the molecule is COc1ccc(OC)c(/C=C(/C#N)C(=O)c2cc(C)n(-c3ccccc3F)c2C)c1. The molecule has 2 aromatic carbocycles. The fourth-order valence-corrected chi connectivity index (χ4v) is 3.40. The number of benzene rings is 2. The van der Waals surface area contributed by atoms with E-state index in [0.717, 1.165) is 0 Å². The summed E-state index contributed by atoms with van der Waals surface area (Å²) < 4.78 is 26.5. The Morgan fingerprint density at radius 2 is 1.83 bits per heavy atom. The fourth-order valence-electron chi connectivity index (χ4n) is 3.40. The molecule has 0 aliphatic carbocycles. The van der Waals surface area contributed by atoms with Gasteiger partial charge in [-0.3, -0.25) is 4.79 Å². The molecule has 152 valence electrons. The normalized spacial score (nSPS) is 11.1. The summed E-state index contributed by atoms with van der Waals surface area (Å²) in [5, 5.41) is 9.66. The van der Waals surface area contributed by atoms with Gasteiger partial charge in [-0.2, -0.15) is 5.26 Å². The van der Waals surface area contributed by atoms with E-state index in [1.54, 1.807) is 60.9 Å². The Bertz CT molecular complexity index is 1190. The second-order valence-corrected chi connectivity index (χ2v) is 6.68. The predicted octanol–water partition coefficient (Wildman–Crippen LogP) is 5.04. The Morgan fingerprint density at radius 3 is 2.47 bits per heavy atom. The van der Waals surface area contributed by atoms with E-state index in [1.165, 1.54) is 26.4 Å². The van der Waals surface area contributed by atoms with Crippen molar-refractivity contribution in [3.05, 3.63) is 82.4 Å². The third-order valence-corrected chi connectivity index (χ3v) is 4.87. The van der Waals surface area contributed by atoms with Crippen molar-refractivity contribution >= 4 is 11.9 Å². The van der Waals surface area contributed by atoms with Gasteiger partial charge < -0.3 is 14.0 Å². The molecule has 0 N–H and O–H groups in total.